The Morgan fingerprint density at radius 2 is 1.80 bits per heavy atom. The molecule has 3 nitrogen and oxygen atoms in total. The SMILES string of the molecule is N#CCc1ccc(C(F)(F)F)c(N)c1N. The Hall–Kier alpha value is -1.90. The molecule has 0 saturated heterocycles. The molecular formula is C9H8F3N3. The summed E-state index contributed by atoms with van der Waals surface area (Å²) in [6, 6.07) is 3.79. The molecule has 0 saturated carbocycles. The first-order chi connectivity index (χ1) is 6.88. The normalized spacial score (nSPS) is 11.1. The molecule has 0 atom stereocenters. The fraction of sp³-hybridized carbons (Fsp3) is 0.222. The van der Waals surface area contributed by atoms with Crippen LogP contribution in [0.2, 0.25) is 0 Å². The van der Waals surface area contributed by atoms with E-state index in [1.165, 1.54) is 0 Å². The van der Waals surface area contributed by atoms with Gasteiger partial charge >= 0.3 is 6.18 Å². The lowest BCUT2D eigenvalue weighted by Gasteiger charge is -2.13. The maximum atomic E-state index is 12.3. The number of anilines is 2. The van der Waals surface area contributed by atoms with E-state index >= 15 is 0 Å². The third-order valence-corrected chi connectivity index (χ3v) is 1.95. The van der Waals surface area contributed by atoms with Gasteiger partial charge in [0.2, 0.25) is 0 Å². The van der Waals surface area contributed by atoms with Crippen LogP contribution >= 0.6 is 0 Å². The van der Waals surface area contributed by atoms with Crippen LogP contribution in [0.5, 0.6) is 0 Å². The van der Waals surface area contributed by atoms with Gasteiger partial charge < -0.3 is 11.5 Å². The number of benzene rings is 1. The Morgan fingerprint density at radius 3 is 2.27 bits per heavy atom. The van der Waals surface area contributed by atoms with Crippen LogP contribution in [0, 0.1) is 11.3 Å². The third kappa shape index (κ3) is 2.13. The van der Waals surface area contributed by atoms with Gasteiger partial charge in [0.25, 0.3) is 0 Å². The summed E-state index contributed by atoms with van der Waals surface area (Å²) in [5, 5.41) is 8.40. The maximum Gasteiger partial charge on any atom is 0.418 e. The minimum atomic E-state index is -4.52. The van der Waals surface area contributed by atoms with Gasteiger partial charge in [-0.1, -0.05) is 6.07 Å². The molecule has 6 heteroatoms. The summed E-state index contributed by atoms with van der Waals surface area (Å²) in [6.45, 7) is 0. The quantitative estimate of drug-likeness (QED) is 0.703. The standard InChI is InChI=1S/C9H8F3N3/c10-9(11,12)6-2-1-5(3-4-13)7(14)8(6)15/h1-2H,3,14-15H2. The zero-order valence-corrected chi connectivity index (χ0v) is 7.60. The van der Waals surface area contributed by atoms with Gasteiger partial charge in [-0.15, -0.1) is 0 Å². The summed E-state index contributed by atoms with van der Waals surface area (Å²) in [5.41, 5.74) is 9.28. The van der Waals surface area contributed by atoms with Gasteiger partial charge in [-0.3, -0.25) is 0 Å². The lowest BCUT2D eigenvalue weighted by atomic mass is 10.0. The van der Waals surface area contributed by atoms with Crippen LogP contribution in [0.25, 0.3) is 0 Å². The topological polar surface area (TPSA) is 75.8 Å². The minimum absolute atomic E-state index is 0.0613. The summed E-state index contributed by atoms with van der Waals surface area (Å²) in [4.78, 5) is 0. The number of rotatable bonds is 1. The average molecular weight is 215 g/mol. The second-order valence-corrected chi connectivity index (χ2v) is 2.93. The Kier molecular flexibility index (Phi) is 2.75. The highest BCUT2D eigenvalue weighted by molar-refractivity contribution is 5.72. The van der Waals surface area contributed by atoms with E-state index in [9.17, 15) is 13.2 Å². The summed E-state index contributed by atoms with van der Waals surface area (Å²) < 4.78 is 37.0. The molecular weight excluding hydrogens is 207 g/mol. The number of nitrogens with two attached hydrogens (primary N) is 2. The van der Waals surface area contributed by atoms with E-state index in [0.29, 0.717) is 5.56 Å². The third-order valence-electron chi connectivity index (χ3n) is 1.95. The van der Waals surface area contributed by atoms with E-state index < -0.39 is 17.4 Å². The Morgan fingerprint density at radius 1 is 1.20 bits per heavy atom. The molecule has 0 fully saturated rings. The van der Waals surface area contributed by atoms with Crippen LogP contribution in [-0.4, -0.2) is 0 Å². The number of hydrogen-bond donors (Lipinski definition) is 2. The molecule has 1 aromatic rings. The molecule has 80 valence electrons. The first kappa shape index (κ1) is 11.2. The van der Waals surface area contributed by atoms with E-state index in [-0.39, 0.29) is 12.1 Å². The highest BCUT2D eigenvalue weighted by Crippen LogP contribution is 2.37. The molecule has 0 radical (unpaired) electrons. The van der Waals surface area contributed by atoms with E-state index in [1.807, 2.05) is 0 Å². The van der Waals surface area contributed by atoms with Crippen LogP contribution in [0.3, 0.4) is 0 Å². The molecule has 0 aliphatic heterocycles. The van der Waals surface area contributed by atoms with Crippen LogP contribution in [0.15, 0.2) is 12.1 Å². The Labute approximate surface area is 84.1 Å². The fourth-order valence-electron chi connectivity index (χ4n) is 1.17. The van der Waals surface area contributed by atoms with Gasteiger partial charge in [0.15, 0.2) is 0 Å². The highest BCUT2D eigenvalue weighted by atomic mass is 19.4. The summed E-state index contributed by atoms with van der Waals surface area (Å²) in [5.74, 6) is 0. The Balaban J connectivity index is 3.29. The zero-order valence-electron chi connectivity index (χ0n) is 7.60. The van der Waals surface area contributed by atoms with Crippen LogP contribution in [0.4, 0.5) is 24.5 Å². The number of alkyl halides is 3. The lowest BCUT2D eigenvalue weighted by Crippen LogP contribution is -2.12. The van der Waals surface area contributed by atoms with Crippen molar-refractivity contribution in [3.63, 3.8) is 0 Å². The number of hydrogen-bond acceptors (Lipinski definition) is 3. The molecule has 1 rings (SSSR count). The number of halogens is 3. The monoisotopic (exact) mass is 215 g/mol. The van der Waals surface area contributed by atoms with E-state index in [4.69, 9.17) is 16.7 Å². The zero-order chi connectivity index (χ0) is 11.6. The predicted octanol–water partition coefficient (Wildman–Crippen LogP) is 1.94. The van der Waals surface area contributed by atoms with Gasteiger partial charge in [-0.25, -0.2) is 0 Å². The van der Waals surface area contributed by atoms with Crippen LogP contribution < -0.4 is 11.5 Å². The smallest absolute Gasteiger partial charge is 0.397 e. The molecule has 0 heterocycles. The van der Waals surface area contributed by atoms with Crippen LogP contribution in [0.1, 0.15) is 11.1 Å². The van der Waals surface area contributed by atoms with Crippen molar-refractivity contribution in [2.75, 3.05) is 11.5 Å². The number of nitrogen functional groups attached to an aromatic ring is 2. The van der Waals surface area contributed by atoms with Gasteiger partial charge in [-0.2, -0.15) is 18.4 Å². The molecule has 1 aromatic carbocycles. The van der Waals surface area contributed by atoms with Gasteiger partial charge in [0.05, 0.1) is 29.4 Å². The van der Waals surface area contributed by atoms with Gasteiger partial charge in [-0.05, 0) is 11.6 Å². The summed E-state index contributed by atoms with van der Waals surface area (Å²) in [6.07, 6.45) is -4.59. The van der Waals surface area contributed by atoms with E-state index in [1.54, 1.807) is 6.07 Å². The number of nitrogens with zero attached hydrogens (tertiary/aromatic N) is 1. The number of nitriles is 1. The second-order valence-electron chi connectivity index (χ2n) is 2.93. The van der Waals surface area contributed by atoms with Gasteiger partial charge in [0, 0.05) is 0 Å². The van der Waals surface area contributed by atoms with Crippen molar-refractivity contribution in [3.05, 3.63) is 23.3 Å². The molecule has 0 aliphatic carbocycles. The van der Waals surface area contributed by atoms with Crippen molar-refractivity contribution in [2.24, 2.45) is 0 Å². The fourth-order valence-corrected chi connectivity index (χ4v) is 1.17. The molecule has 0 aromatic heterocycles. The Bertz CT molecular complexity index is 418. The molecule has 0 amide bonds. The van der Waals surface area contributed by atoms with Crippen molar-refractivity contribution in [3.8, 4) is 6.07 Å². The van der Waals surface area contributed by atoms with Gasteiger partial charge in [0.1, 0.15) is 0 Å². The van der Waals surface area contributed by atoms with E-state index in [2.05, 4.69) is 0 Å². The predicted molar refractivity (Wildman–Crippen MR) is 49.6 cm³/mol. The van der Waals surface area contributed by atoms with Crippen molar-refractivity contribution in [1.29, 1.82) is 5.26 Å². The van der Waals surface area contributed by atoms with Crippen molar-refractivity contribution in [2.45, 2.75) is 12.6 Å². The maximum absolute atomic E-state index is 12.3. The molecule has 0 unspecified atom stereocenters. The summed E-state index contributed by atoms with van der Waals surface area (Å²) >= 11 is 0. The van der Waals surface area contributed by atoms with Crippen molar-refractivity contribution >= 4 is 11.4 Å². The second kappa shape index (κ2) is 3.69. The highest BCUT2D eigenvalue weighted by Gasteiger charge is 2.33. The molecule has 4 N–H and O–H groups in total. The first-order valence-electron chi connectivity index (χ1n) is 3.99. The molecule has 0 bridgehead atoms. The summed E-state index contributed by atoms with van der Waals surface area (Å²) in [7, 11) is 0. The van der Waals surface area contributed by atoms with Crippen LogP contribution in [-0.2, 0) is 12.6 Å². The molecule has 15 heavy (non-hydrogen) atoms. The van der Waals surface area contributed by atoms with Crippen molar-refractivity contribution < 1.29 is 13.2 Å². The largest absolute Gasteiger partial charge is 0.418 e. The minimum Gasteiger partial charge on any atom is -0.397 e. The lowest BCUT2D eigenvalue weighted by molar-refractivity contribution is -0.136. The molecule has 0 aliphatic rings. The first-order valence-corrected chi connectivity index (χ1v) is 3.99. The molecule has 0 spiro atoms. The van der Waals surface area contributed by atoms with E-state index in [0.717, 1.165) is 12.1 Å². The van der Waals surface area contributed by atoms with Crippen molar-refractivity contribution in [1.82, 2.24) is 0 Å². The average Bonchev–Trinajstić information content (AvgIpc) is 2.11.